The molecule has 1 fully saturated rings. The number of carbonyl (C=O) groups is 1. The van der Waals surface area contributed by atoms with E-state index in [9.17, 15) is 4.79 Å². The van der Waals surface area contributed by atoms with Gasteiger partial charge in [0.25, 0.3) is 0 Å². The average Bonchev–Trinajstić information content (AvgIpc) is 2.98. The predicted molar refractivity (Wildman–Crippen MR) is 69.5 cm³/mol. The minimum absolute atomic E-state index is 0.146. The number of nitrogens with one attached hydrogen (secondary N) is 1. The van der Waals surface area contributed by atoms with Gasteiger partial charge >= 0.3 is 6.09 Å². The first-order valence-electron chi connectivity index (χ1n) is 6.20. The second kappa shape index (κ2) is 5.54. The topological polar surface area (TPSA) is 38.3 Å². The zero-order chi connectivity index (χ0) is 12.1. The van der Waals surface area contributed by atoms with E-state index in [1.165, 1.54) is 18.4 Å². The number of hydrogen-bond donors (Lipinski definition) is 1. The molecule has 1 N–H and O–H groups in total. The molecule has 0 aromatic carbocycles. The zero-order valence-corrected chi connectivity index (χ0v) is 11.0. The number of amides is 1. The van der Waals surface area contributed by atoms with Crippen LogP contribution in [0, 0.1) is 0 Å². The predicted octanol–water partition coefficient (Wildman–Crippen LogP) is 3.31. The molecule has 17 heavy (non-hydrogen) atoms. The smallest absolute Gasteiger partial charge is 0.407 e. The third-order valence-corrected chi connectivity index (χ3v) is 4.22. The van der Waals surface area contributed by atoms with Crippen molar-refractivity contribution in [2.45, 2.75) is 38.0 Å². The van der Waals surface area contributed by atoms with Crippen molar-refractivity contribution < 1.29 is 9.53 Å². The summed E-state index contributed by atoms with van der Waals surface area (Å²) in [6, 6.07) is 2.18. The molecule has 1 aliphatic rings. The summed E-state index contributed by atoms with van der Waals surface area (Å²) in [6.07, 6.45) is 4.53. The Balaban J connectivity index is 2.01. The third-order valence-electron chi connectivity index (χ3n) is 3.54. The molecule has 1 amide bonds. The van der Waals surface area contributed by atoms with Crippen LogP contribution in [0.2, 0.25) is 0 Å². The molecular weight excluding hydrogens is 234 g/mol. The fourth-order valence-electron chi connectivity index (χ4n) is 2.61. The first-order chi connectivity index (χ1) is 8.27. The molecule has 0 aliphatic heterocycles. The van der Waals surface area contributed by atoms with Crippen molar-refractivity contribution in [2.24, 2.45) is 0 Å². The minimum Gasteiger partial charge on any atom is -0.450 e. The standard InChI is InChI=1S/C13H19NO2S/c1-2-16-12(15)14-10-13(6-3-4-7-13)11-5-8-17-9-11/h5,8-9H,2-4,6-7,10H2,1H3,(H,14,15). The lowest BCUT2D eigenvalue weighted by Gasteiger charge is -2.28. The Morgan fingerprint density at radius 1 is 1.53 bits per heavy atom. The van der Waals surface area contributed by atoms with Crippen molar-refractivity contribution in [3.63, 3.8) is 0 Å². The molecule has 2 rings (SSSR count). The van der Waals surface area contributed by atoms with Crippen LogP contribution >= 0.6 is 11.3 Å². The summed E-state index contributed by atoms with van der Waals surface area (Å²) >= 11 is 1.73. The normalized spacial score (nSPS) is 17.9. The number of carbonyl (C=O) groups excluding carboxylic acids is 1. The first-order valence-corrected chi connectivity index (χ1v) is 7.14. The maximum Gasteiger partial charge on any atom is 0.407 e. The molecule has 1 heterocycles. The largest absolute Gasteiger partial charge is 0.450 e. The molecular formula is C13H19NO2S. The maximum absolute atomic E-state index is 11.4. The van der Waals surface area contributed by atoms with Crippen LogP contribution in [0.3, 0.4) is 0 Å². The minimum atomic E-state index is -0.297. The van der Waals surface area contributed by atoms with Gasteiger partial charge in [-0.3, -0.25) is 0 Å². The summed E-state index contributed by atoms with van der Waals surface area (Å²) in [5, 5.41) is 7.22. The maximum atomic E-state index is 11.4. The SMILES string of the molecule is CCOC(=O)NCC1(c2ccsc2)CCCC1. The first kappa shape index (κ1) is 12.4. The molecule has 1 aromatic heterocycles. The number of rotatable bonds is 4. The van der Waals surface area contributed by atoms with E-state index in [2.05, 4.69) is 22.1 Å². The van der Waals surface area contributed by atoms with Gasteiger partial charge in [0.2, 0.25) is 0 Å². The second-order valence-electron chi connectivity index (χ2n) is 4.57. The molecule has 1 saturated carbocycles. The van der Waals surface area contributed by atoms with Gasteiger partial charge in [-0.1, -0.05) is 12.8 Å². The lowest BCUT2D eigenvalue weighted by atomic mass is 9.80. The van der Waals surface area contributed by atoms with E-state index in [1.54, 1.807) is 11.3 Å². The molecule has 1 aromatic rings. The van der Waals surface area contributed by atoms with E-state index in [4.69, 9.17) is 4.74 Å². The van der Waals surface area contributed by atoms with Gasteiger partial charge in [0, 0.05) is 12.0 Å². The van der Waals surface area contributed by atoms with E-state index in [0.717, 1.165) is 12.8 Å². The quantitative estimate of drug-likeness (QED) is 0.894. The molecule has 0 spiro atoms. The highest BCUT2D eigenvalue weighted by atomic mass is 32.1. The number of ether oxygens (including phenoxy) is 1. The van der Waals surface area contributed by atoms with E-state index in [-0.39, 0.29) is 11.5 Å². The summed E-state index contributed by atoms with van der Waals surface area (Å²) in [5.74, 6) is 0. The van der Waals surface area contributed by atoms with Crippen LogP contribution in [0.5, 0.6) is 0 Å². The zero-order valence-electron chi connectivity index (χ0n) is 10.2. The van der Waals surface area contributed by atoms with Crippen molar-refractivity contribution in [1.29, 1.82) is 0 Å². The molecule has 1 aliphatic carbocycles. The van der Waals surface area contributed by atoms with Crippen LogP contribution in [0.4, 0.5) is 4.79 Å². The summed E-state index contributed by atoms with van der Waals surface area (Å²) in [4.78, 5) is 11.4. The van der Waals surface area contributed by atoms with Gasteiger partial charge in [0.15, 0.2) is 0 Å². The Morgan fingerprint density at radius 3 is 2.88 bits per heavy atom. The third kappa shape index (κ3) is 2.80. The van der Waals surface area contributed by atoms with E-state index in [0.29, 0.717) is 13.2 Å². The Bertz CT molecular complexity index is 356. The van der Waals surface area contributed by atoms with Gasteiger partial charge in [-0.15, -0.1) is 0 Å². The number of alkyl carbamates (subject to hydrolysis) is 1. The molecule has 0 radical (unpaired) electrons. The molecule has 0 atom stereocenters. The molecule has 0 bridgehead atoms. The van der Waals surface area contributed by atoms with E-state index in [1.807, 2.05) is 6.92 Å². The Hall–Kier alpha value is -1.03. The van der Waals surface area contributed by atoms with Gasteiger partial charge in [-0.05, 0) is 42.2 Å². The highest BCUT2D eigenvalue weighted by molar-refractivity contribution is 7.08. The van der Waals surface area contributed by atoms with Crippen LogP contribution in [0.15, 0.2) is 16.8 Å². The van der Waals surface area contributed by atoms with Crippen LogP contribution in [0.1, 0.15) is 38.2 Å². The summed E-state index contributed by atoms with van der Waals surface area (Å²) in [6.45, 7) is 2.95. The molecule has 4 heteroatoms. The van der Waals surface area contributed by atoms with Gasteiger partial charge < -0.3 is 10.1 Å². The van der Waals surface area contributed by atoms with Gasteiger partial charge in [-0.25, -0.2) is 4.79 Å². The fraction of sp³-hybridized carbons (Fsp3) is 0.615. The van der Waals surface area contributed by atoms with Crippen molar-refractivity contribution >= 4 is 17.4 Å². The monoisotopic (exact) mass is 253 g/mol. The molecule has 0 unspecified atom stereocenters. The number of thiophene rings is 1. The molecule has 94 valence electrons. The van der Waals surface area contributed by atoms with Crippen molar-refractivity contribution in [2.75, 3.05) is 13.2 Å². The summed E-state index contributed by atoms with van der Waals surface area (Å²) in [5.41, 5.74) is 1.52. The summed E-state index contributed by atoms with van der Waals surface area (Å²) in [7, 11) is 0. The van der Waals surface area contributed by atoms with Crippen LogP contribution < -0.4 is 5.32 Å². The van der Waals surface area contributed by atoms with Crippen LogP contribution in [-0.2, 0) is 10.2 Å². The Morgan fingerprint density at radius 2 is 2.29 bits per heavy atom. The Labute approximate surface area is 106 Å². The van der Waals surface area contributed by atoms with Crippen molar-refractivity contribution in [3.05, 3.63) is 22.4 Å². The molecule has 3 nitrogen and oxygen atoms in total. The number of hydrogen-bond acceptors (Lipinski definition) is 3. The summed E-state index contributed by atoms with van der Waals surface area (Å²) < 4.78 is 4.92. The van der Waals surface area contributed by atoms with Gasteiger partial charge in [-0.2, -0.15) is 11.3 Å². The lowest BCUT2D eigenvalue weighted by molar-refractivity contribution is 0.149. The molecule has 0 saturated heterocycles. The van der Waals surface area contributed by atoms with E-state index >= 15 is 0 Å². The van der Waals surface area contributed by atoms with E-state index < -0.39 is 0 Å². The average molecular weight is 253 g/mol. The van der Waals surface area contributed by atoms with Gasteiger partial charge in [0.1, 0.15) is 0 Å². The van der Waals surface area contributed by atoms with Crippen LogP contribution in [0.25, 0.3) is 0 Å². The van der Waals surface area contributed by atoms with Crippen molar-refractivity contribution in [3.8, 4) is 0 Å². The van der Waals surface area contributed by atoms with Crippen molar-refractivity contribution in [1.82, 2.24) is 5.32 Å². The lowest BCUT2D eigenvalue weighted by Crippen LogP contribution is -2.39. The highest BCUT2D eigenvalue weighted by Crippen LogP contribution is 2.41. The van der Waals surface area contributed by atoms with Crippen LogP contribution in [-0.4, -0.2) is 19.2 Å². The fourth-order valence-corrected chi connectivity index (χ4v) is 3.39. The second-order valence-corrected chi connectivity index (χ2v) is 5.35. The van der Waals surface area contributed by atoms with Gasteiger partial charge in [0.05, 0.1) is 6.61 Å². The Kier molecular flexibility index (Phi) is 4.05. The highest BCUT2D eigenvalue weighted by Gasteiger charge is 2.36.